The van der Waals surface area contributed by atoms with E-state index in [0.717, 1.165) is 0 Å². The first-order valence-electron chi connectivity index (χ1n) is 5.28. The van der Waals surface area contributed by atoms with Crippen LogP contribution in [0.15, 0.2) is 30.5 Å². The van der Waals surface area contributed by atoms with Gasteiger partial charge in [-0.25, -0.2) is 0 Å². The smallest absolute Gasteiger partial charge is 0.307 e. The van der Waals surface area contributed by atoms with Crippen LogP contribution in [0.3, 0.4) is 0 Å². The molecule has 0 radical (unpaired) electrons. The summed E-state index contributed by atoms with van der Waals surface area (Å²) in [6, 6.07) is 6.57. The Kier molecular flexibility index (Phi) is 4.30. The van der Waals surface area contributed by atoms with Crippen molar-refractivity contribution < 1.29 is 9.90 Å². The Morgan fingerprint density at radius 1 is 1.11 bits per heavy atom. The summed E-state index contributed by atoms with van der Waals surface area (Å²) in [6.45, 7) is 0. The topological polar surface area (TPSA) is 50.2 Å². The number of halogens is 3. The molecule has 1 aromatic carbocycles. The van der Waals surface area contributed by atoms with E-state index in [9.17, 15) is 4.79 Å². The van der Waals surface area contributed by atoms with Crippen molar-refractivity contribution in [2.45, 2.75) is 6.42 Å². The van der Waals surface area contributed by atoms with Gasteiger partial charge in [0, 0.05) is 21.8 Å². The first-order valence-corrected chi connectivity index (χ1v) is 6.42. The highest BCUT2D eigenvalue weighted by Crippen LogP contribution is 2.30. The fourth-order valence-corrected chi connectivity index (χ4v) is 2.48. The number of nitrogens with zero attached hydrogens (tertiary/aromatic N) is 1. The molecule has 3 nitrogen and oxygen atoms in total. The van der Waals surface area contributed by atoms with E-state index in [4.69, 9.17) is 39.9 Å². The summed E-state index contributed by atoms with van der Waals surface area (Å²) in [5, 5.41) is 10.0. The van der Waals surface area contributed by atoms with E-state index in [-0.39, 0.29) is 6.42 Å². The summed E-state index contributed by atoms with van der Waals surface area (Å²) < 4.78 is 0. The fourth-order valence-electron chi connectivity index (χ4n) is 1.65. The summed E-state index contributed by atoms with van der Waals surface area (Å²) in [5.74, 6) is -0.934. The van der Waals surface area contributed by atoms with Crippen molar-refractivity contribution in [3.05, 3.63) is 51.1 Å². The average Bonchev–Trinajstić information content (AvgIpc) is 2.26. The molecule has 1 aromatic heterocycles. The maximum Gasteiger partial charge on any atom is 0.307 e. The van der Waals surface area contributed by atoms with Crippen molar-refractivity contribution in [1.82, 2.24) is 4.98 Å². The Bertz CT molecular complexity index is 624. The van der Waals surface area contributed by atoms with Crippen molar-refractivity contribution in [3.63, 3.8) is 0 Å². The van der Waals surface area contributed by atoms with Crippen LogP contribution in [0.1, 0.15) is 5.56 Å². The molecular formula is C13H8Cl3NO2. The normalized spacial score (nSPS) is 10.5. The van der Waals surface area contributed by atoms with Gasteiger partial charge >= 0.3 is 5.97 Å². The van der Waals surface area contributed by atoms with Crippen LogP contribution in [0, 0.1) is 0 Å². The highest BCUT2D eigenvalue weighted by atomic mass is 35.5. The van der Waals surface area contributed by atoms with Crippen LogP contribution in [-0.2, 0) is 11.2 Å². The van der Waals surface area contributed by atoms with Crippen LogP contribution in [-0.4, -0.2) is 16.1 Å². The Morgan fingerprint density at radius 3 is 2.26 bits per heavy atom. The molecule has 0 saturated heterocycles. The van der Waals surface area contributed by atoms with Crippen molar-refractivity contribution in [3.8, 4) is 11.3 Å². The highest BCUT2D eigenvalue weighted by molar-refractivity contribution is 6.36. The van der Waals surface area contributed by atoms with Gasteiger partial charge in [-0.1, -0.05) is 34.8 Å². The summed E-state index contributed by atoms with van der Waals surface area (Å²) >= 11 is 17.9. The van der Waals surface area contributed by atoms with Gasteiger partial charge < -0.3 is 5.11 Å². The van der Waals surface area contributed by atoms with Crippen LogP contribution >= 0.6 is 34.8 Å². The quantitative estimate of drug-likeness (QED) is 0.916. The summed E-state index contributed by atoms with van der Waals surface area (Å²) in [4.78, 5) is 14.8. The van der Waals surface area contributed by atoms with Crippen molar-refractivity contribution in [2.75, 3.05) is 0 Å². The van der Waals surface area contributed by atoms with E-state index in [2.05, 4.69) is 4.98 Å². The number of hydrogen-bond donors (Lipinski definition) is 1. The second kappa shape index (κ2) is 5.78. The SMILES string of the molecule is O=C(O)Cc1cnc(-c2cc(Cl)cc(Cl)c2)c(Cl)c1. The Morgan fingerprint density at radius 2 is 1.74 bits per heavy atom. The molecule has 1 N–H and O–H groups in total. The molecule has 0 atom stereocenters. The molecule has 0 aliphatic heterocycles. The number of carbonyl (C=O) groups is 1. The highest BCUT2D eigenvalue weighted by Gasteiger charge is 2.10. The summed E-state index contributed by atoms with van der Waals surface area (Å²) in [6.07, 6.45) is 1.35. The molecule has 0 fully saturated rings. The second-order valence-corrected chi connectivity index (χ2v) is 5.18. The van der Waals surface area contributed by atoms with E-state index in [1.807, 2.05) is 0 Å². The van der Waals surface area contributed by atoms with Gasteiger partial charge in [-0.15, -0.1) is 0 Å². The lowest BCUT2D eigenvalue weighted by Crippen LogP contribution is -2.01. The van der Waals surface area contributed by atoms with Gasteiger partial charge in [0.25, 0.3) is 0 Å². The van der Waals surface area contributed by atoms with Gasteiger partial charge in [0.2, 0.25) is 0 Å². The number of hydrogen-bond acceptors (Lipinski definition) is 2. The first-order chi connectivity index (χ1) is 8.95. The number of aliphatic carboxylic acids is 1. The molecule has 0 aliphatic rings. The van der Waals surface area contributed by atoms with Crippen LogP contribution in [0.2, 0.25) is 15.1 Å². The Balaban J connectivity index is 2.42. The van der Waals surface area contributed by atoms with Crippen molar-refractivity contribution in [2.24, 2.45) is 0 Å². The number of benzene rings is 1. The minimum Gasteiger partial charge on any atom is -0.481 e. The predicted molar refractivity (Wildman–Crippen MR) is 76.0 cm³/mol. The third kappa shape index (κ3) is 3.60. The zero-order valence-electron chi connectivity index (χ0n) is 9.53. The summed E-state index contributed by atoms with van der Waals surface area (Å²) in [5.41, 5.74) is 1.74. The number of carboxylic acid groups (broad SMARTS) is 1. The lowest BCUT2D eigenvalue weighted by Gasteiger charge is -2.06. The van der Waals surface area contributed by atoms with Gasteiger partial charge in [0.05, 0.1) is 17.1 Å². The summed E-state index contributed by atoms with van der Waals surface area (Å²) in [7, 11) is 0. The van der Waals surface area contributed by atoms with Crippen LogP contribution in [0.4, 0.5) is 0 Å². The zero-order chi connectivity index (χ0) is 14.0. The monoisotopic (exact) mass is 315 g/mol. The third-order valence-electron chi connectivity index (χ3n) is 2.39. The lowest BCUT2D eigenvalue weighted by atomic mass is 10.1. The van der Waals surface area contributed by atoms with Crippen molar-refractivity contribution in [1.29, 1.82) is 0 Å². The van der Waals surface area contributed by atoms with Crippen LogP contribution in [0.5, 0.6) is 0 Å². The molecular weight excluding hydrogens is 309 g/mol. The molecule has 0 bridgehead atoms. The molecule has 2 rings (SSSR count). The zero-order valence-corrected chi connectivity index (χ0v) is 11.8. The molecule has 0 amide bonds. The van der Waals surface area contributed by atoms with E-state index < -0.39 is 5.97 Å². The molecule has 6 heteroatoms. The van der Waals surface area contributed by atoms with E-state index in [0.29, 0.717) is 31.9 Å². The number of rotatable bonds is 3. The van der Waals surface area contributed by atoms with E-state index >= 15 is 0 Å². The predicted octanol–water partition coefficient (Wildman–Crippen LogP) is 4.34. The number of pyridine rings is 1. The van der Waals surface area contributed by atoms with Gasteiger partial charge in [-0.3, -0.25) is 9.78 Å². The third-order valence-corrected chi connectivity index (χ3v) is 3.11. The molecule has 0 aliphatic carbocycles. The van der Waals surface area contributed by atoms with Gasteiger partial charge in [-0.2, -0.15) is 0 Å². The van der Waals surface area contributed by atoms with Crippen LogP contribution < -0.4 is 0 Å². The molecule has 19 heavy (non-hydrogen) atoms. The molecule has 0 spiro atoms. The minimum atomic E-state index is -0.934. The Hall–Kier alpha value is -1.29. The van der Waals surface area contributed by atoms with E-state index in [1.165, 1.54) is 6.20 Å². The number of carboxylic acids is 1. The fraction of sp³-hybridized carbons (Fsp3) is 0.0769. The maximum absolute atomic E-state index is 10.6. The van der Waals surface area contributed by atoms with Crippen molar-refractivity contribution >= 4 is 40.8 Å². The van der Waals surface area contributed by atoms with Gasteiger partial charge in [0.1, 0.15) is 0 Å². The number of aromatic nitrogens is 1. The molecule has 1 heterocycles. The maximum atomic E-state index is 10.6. The molecule has 0 saturated carbocycles. The standard InChI is InChI=1S/C13H8Cl3NO2/c14-9-3-8(4-10(15)5-9)13-11(16)1-7(6-17-13)2-12(18)19/h1,3-6H,2H2,(H,18,19). The largest absolute Gasteiger partial charge is 0.481 e. The average molecular weight is 317 g/mol. The first kappa shape index (κ1) is 14.1. The Labute approximate surface area is 124 Å². The molecule has 0 unspecified atom stereocenters. The lowest BCUT2D eigenvalue weighted by molar-refractivity contribution is -0.136. The minimum absolute atomic E-state index is 0.122. The second-order valence-electron chi connectivity index (χ2n) is 3.90. The van der Waals surface area contributed by atoms with E-state index in [1.54, 1.807) is 24.3 Å². The van der Waals surface area contributed by atoms with Gasteiger partial charge in [-0.05, 0) is 29.8 Å². The molecule has 2 aromatic rings. The van der Waals surface area contributed by atoms with Gasteiger partial charge in [0.15, 0.2) is 0 Å². The molecule has 98 valence electrons. The van der Waals surface area contributed by atoms with Crippen LogP contribution in [0.25, 0.3) is 11.3 Å².